The highest BCUT2D eigenvalue weighted by atomic mass is 127. The van der Waals surface area contributed by atoms with Crippen LogP contribution in [-0.4, -0.2) is 22.1 Å². The number of halogens is 1. The van der Waals surface area contributed by atoms with Crippen molar-refractivity contribution in [2.45, 2.75) is 26.3 Å². The first-order valence-electron chi connectivity index (χ1n) is 6.85. The minimum atomic E-state index is 0. The number of aliphatic imine (C=N–C) groups is 1. The van der Waals surface area contributed by atoms with Gasteiger partial charge in [-0.2, -0.15) is 0 Å². The Bertz CT molecular complexity index is 550. The Morgan fingerprint density at radius 3 is 2.71 bits per heavy atom. The van der Waals surface area contributed by atoms with Gasteiger partial charge >= 0.3 is 0 Å². The number of unbranched alkanes of at least 4 members (excludes halogenated alkanes) is 1. The summed E-state index contributed by atoms with van der Waals surface area (Å²) in [6.07, 6.45) is 5.91. The standard InChI is InChI=1S/C15H21N5.HI/c1-13-17-10-12-20(13)11-6-5-9-18-15(16)19-14-7-3-2-4-8-14;/h2-4,7-8,10,12H,5-6,9,11H2,1H3,(H3,16,18,19);1H. The largest absolute Gasteiger partial charge is 0.370 e. The van der Waals surface area contributed by atoms with Gasteiger partial charge in [-0.15, -0.1) is 24.0 Å². The summed E-state index contributed by atoms with van der Waals surface area (Å²) in [5.74, 6) is 1.52. The molecular weight excluding hydrogens is 377 g/mol. The summed E-state index contributed by atoms with van der Waals surface area (Å²) in [7, 11) is 0. The summed E-state index contributed by atoms with van der Waals surface area (Å²) in [5.41, 5.74) is 6.79. The van der Waals surface area contributed by atoms with Crippen molar-refractivity contribution in [3.05, 3.63) is 48.5 Å². The molecular formula is C15H22IN5. The molecule has 0 amide bonds. The van der Waals surface area contributed by atoms with E-state index in [2.05, 4.69) is 19.9 Å². The third-order valence-corrected chi connectivity index (χ3v) is 3.06. The topological polar surface area (TPSA) is 68.2 Å². The van der Waals surface area contributed by atoms with Crippen LogP contribution in [0.3, 0.4) is 0 Å². The second kappa shape index (κ2) is 9.38. The van der Waals surface area contributed by atoms with Crippen LogP contribution in [0, 0.1) is 6.92 Å². The number of hydrogen-bond donors (Lipinski definition) is 2. The van der Waals surface area contributed by atoms with Crippen LogP contribution < -0.4 is 11.1 Å². The smallest absolute Gasteiger partial charge is 0.193 e. The number of rotatable bonds is 6. The predicted octanol–water partition coefficient (Wildman–Crippen LogP) is 3.02. The molecule has 0 aliphatic carbocycles. The lowest BCUT2D eigenvalue weighted by Crippen LogP contribution is -2.22. The Morgan fingerprint density at radius 2 is 2.05 bits per heavy atom. The quantitative estimate of drug-likeness (QED) is 0.340. The minimum absolute atomic E-state index is 0. The Kier molecular flexibility index (Phi) is 7.81. The first kappa shape index (κ1) is 17.5. The molecule has 2 aromatic rings. The van der Waals surface area contributed by atoms with E-state index in [9.17, 15) is 0 Å². The van der Waals surface area contributed by atoms with Crippen LogP contribution in [0.2, 0.25) is 0 Å². The molecule has 0 fully saturated rings. The van der Waals surface area contributed by atoms with Gasteiger partial charge < -0.3 is 15.6 Å². The van der Waals surface area contributed by atoms with Crippen molar-refractivity contribution in [1.82, 2.24) is 9.55 Å². The molecule has 2 rings (SSSR count). The SMILES string of the molecule is Cc1nccn1CCCCN=C(N)Nc1ccccc1.I. The number of anilines is 1. The maximum atomic E-state index is 5.83. The fourth-order valence-electron chi connectivity index (χ4n) is 1.94. The summed E-state index contributed by atoms with van der Waals surface area (Å²) in [4.78, 5) is 8.52. The van der Waals surface area contributed by atoms with Gasteiger partial charge in [0, 0.05) is 31.2 Å². The van der Waals surface area contributed by atoms with Crippen LogP contribution in [0.15, 0.2) is 47.7 Å². The second-order valence-electron chi connectivity index (χ2n) is 4.63. The van der Waals surface area contributed by atoms with Crippen LogP contribution >= 0.6 is 24.0 Å². The van der Waals surface area contributed by atoms with Crippen molar-refractivity contribution in [2.24, 2.45) is 10.7 Å². The van der Waals surface area contributed by atoms with Crippen molar-refractivity contribution in [1.29, 1.82) is 0 Å². The molecule has 114 valence electrons. The summed E-state index contributed by atoms with van der Waals surface area (Å²) >= 11 is 0. The lowest BCUT2D eigenvalue weighted by Gasteiger charge is -2.06. The number of aromatic nitrogens is 2. The second-order valence-corrected chi connectivity index (χ2v) is 4.63. The van der Waals surface area contributed by atoms with Gasteiger partial charge in [0.2, 0.25) is 0 Å². The van der Waals surface area contributed by atoms with E-state index in [1.165, 1.54) is 0 Å². The summed E-state index contributed by atoms with van der Waals surface area (Å²) in [6.45, 7) is 3.73. The zero-order valence-electron chi connectivity index (χ0n) is 12.2. The molecule has 3 N–H and O–H groups in total. The van der Waals surface area contributed by atoms with Crippen LogP contribution in [0.25, 0.3) is 0 Å². The van der Waals surface area contributed by atoms with E-state index in [1.807, 2.05) is 49.6 Å². The van der Waals surface area contributed by atoms with Gasteiger partial charge in [0.25, 0.3) is 0 Å². The van der Waals surface area contributed by atoms with Crippen LogP contribution in [0.4, 0.5) is 5.69 Å². The molecule has 1 heterocycles. The Balaban J connectivity index is 0.00000220. The molecule has 21 heavy (non-hydrogen) atoms. The monoisotopic (exact) mass is 399 g/mol. The molecule has 0 saturated carbocycles. The predicted molar refractivity (Wildman–Crippen MR) is 98.2 cm³/mol. The average Bonchev–Trinajstić information content (AvgIpc) is 2.85. The molecule has 0 aliphatic heterocycles. The molecule has 0 aliphatic rings. The summed E-state index contributed by atoms with van der Waals surface area (Å²) in [5, 5.41) is 3.07. The van der Waals surface area contributed by atoms with Crippen LogP contribution in [-0.2, 0) is 6.54 Å². The molecule has 1 aromatic heterocycles. The summed E-state index contributed by atoms with van der Waals surface area (Å²) in [6, 6.07) is 9.82. The van der Waals surface area contributed by atoms with Crippen molar-refractivity contribution in [2.75, 3.05) is 11.9 Å². The lowest BCUT2D eigenvalue weighted by molar-refractivity contribution is 0.602. The zero-order chi connectivity index (χ0) is 14.2. The number of nitrogens with zero attached hydrogens (tertiary/aromatic N) is 3. The van der Waals surface area contributed by atoms with Gasteiger partial charge in [0.1, 0.15) is 5.82 Å². The van der Waals surface area contributed by atoms with E-state index in [-0.39, 0.29) is 24.0 Å². The number of imidazole rings is 1. The molecule has 0 saturated heterocycles. The number of nitrogens with one attached hydrogen (secondary N) is 1. The third kappa shape index (κ3) is 6.16. The van der Waals surface area contributed by atoms with Gasteiger partial charge in [-0.25, -0.2) is 4.98 Å². The molecule has 5 nitrogen and oxygen atoms in total. The zero-order valence-corrected chi connectivity index (χ0v) is 14.5. The number of para-hydroxylation sites is 1. The molecule has 0 unspecified atom stereocenters. The number of hydrogen-bond acceptors (Lipinski definition) is 2. The van der Waals surface area contributed by atoms with E-state index in [0.717, 1.165) is 37.4 Å². The number of benzene rings is 1. The fourth-order valence-corrected chi connectivity index (χ4v) is 1.94. The Labute approximate surface area is 142 Å². The van der Waals surface area contributed by atoms with Gasteiger partial charge in [0.05, 0.1) is 0 Å². The summed E-state index contributed by atoms with van der Waals surface area (Å²) < 4.78 is 2.15. The average molecular weight is 399 g/mol. The molecule has 0 atom stereocenters. The van der Waals surface area contributed by atoms with Gasteiger partial charge in [0.15, 0.2) is 5.96 Å². The molecule has 0 bridgehead atoms. The lowest BCUT2D eigenvalue weighted by atomic mass is 10.3. The van der Waals surface area contributed by atoms with E-state index in [1.54, 1.807) is 0 Å². The first-order valence-corrected chi connectivity index (χ1v) is 6.85. The minimum Gasteiger partial charge on any atom is -0.370 e. The fraction of sp³-hybridized carbons (Fsp3) is 0.333. The van der Waals surface area contributed by atoms with Crippen LogP contribution in [0.5, 0.6) is 0 Å². The highest BCUT2D eigenvalue weighted by Crippen LogP contribution is 2.04. The molecule has 6 heteroatoms. The maximum absolute atomic E-state index is 5.83. The van der Waals surface area contributed by atoms with E-state index >= 15 is 0 Å². The van der Waals surface area contributed by atoms with Crippen molar-refractivity contribution < 1.29 is 0 Å². The van der Waals surface area contributed by atoms with E-state index in [0.29, 0.717) is 5.96 Å². The normalized spacial score (nSPS) is 11.0. The van der Waals surface area contributed by atoms with Crippen molar-refractivity contribution >= 4 is 35.6 Å². The number of guanidine groups is 1. The third-order valence-electron chi connectivity index (χ3n) is 3.06. The highest BCUT2D eigenvalue weighted by molar-refractivity contribution is 14.0. The number of nitrogens with two attached hydrogens (primary N) is 1. The Morgan fingerprint density at radius 1 is 1.29 bits per heavy atom. The number of aryl methyl sites for hydroxylation is 2. The van der Waals surface area contributed by atoms with Gasteiger partial charge in [-0.1, -0.05) is 18.2 Å². The Hall–Kier alpha value is -1.57. The maximum Gasteiger partial charge on any atom is 0.193 e. The molecule has 1 aromatic carbocycles. The molecule has 0 spiro atoms. The van der Waals surface area contributed by atoms with E-state index < -0.39 is 0 Å². The van der Waals surface area contributed by atoms with Gasteiger partial charge in [-0.3, -0.25) is 4.99 Å². The van der Waals surface area contributed by atoms with E-state index in [4.69, 9.17) is 5.73 Å². The van der Waals surface area contributed by atoms with Crippen LogP contribution in [0.1, 0.15) is 18.7 Å². The van der Waals surface area contributed by atoms with Crippen molar-refractivity contribution in [3.8, 4) is 0 Å². The first-order chi connectivity index (χ1) is 9.75. The highest BCUT2D eigenvalue weighted by Gasteiger charge is 1.96. The van der Waals surface area contributed by atoms with Crippen molar-refractivity contribution in [3.63, 3.8) is 0 Å². The van der Waals surface area contributed by atoms with Gasteiger partial charge in [-0.05, 0) is 31.9 Å². The molecule has 0 radical (unpaired) electrons.